The number of benzene rings is 2. The van der Waals surface area contributed by atoms with Crippen LogP contribution in [-0.2, 0) is 5.88 Å². The van der Waals surface area contributed by atoms with Crippen molar-refractivity contribution in [2.24, 2.45) is 0 Å². The highest BCUT2D eigenvalue weighted by molar-refractivity contribution is 7.98. The van der Waals surface area contributed by atoms with E-state index in [9.17, 15) is 4.79 Å². The first-order chi connectivity index (χ1) is 14.5. The van der Waals surface area contributed by atoms with Gasteiger partial charge in [-0.3, -0.25) is 9.36 Å². The number of fused-ring (bicyclic) bond motifs is 1. The molecule has 4 aromatic rings. The van der Waals surface area contributed by atoms with Crippen molar-refractivity contribution in [2.45, 2.75) is 24.0 Å². The fraction of sp³-hybridized carbons (Fsp3) is 0.250. The standard InChI is InChI=1S/C20H20ClN7OS/c1-13(26(2)3)18-23-24-20(28(18)15-10-8-14(21)9-11-15)30-12-27-19(29)16-6-4-5-7-17(16)22-25-27/h4-11,13H,12H2,1-3H3/p+1/t13-/m0/s1. The summed E-state index contributed by atoms with van der Waals surface area (Å²) in [5, 5.41) is 18.9. The van der Waals surface area contributed by atoms with E-state index in [0.29, 0.717) is 21.1 Å². The number of thioether (sulfide) groups is 1. The quantitative estimate of drug-likeness (QED) is 0.460. The average molecular weight is 443 g/mol. The van der Waals surface area contributed by atoms with Gasteiger partial charge in [-0.25, -0.2) is 0 Å². The molecule has 1 N–H and O–H groups in total. The second kappa shape index (κ2) is 8.55. The molecule has 0 saturated carbocycles. The molecule has 2 aromatic carbocycles. The predicted molar refractivity (Wildman–Crippen MR) is 117 cm³/mol. The molecule has 0 aliphatic heterocycles. The topological polar surface area (TPSA) is 82.9 Å². The molecular weight excluding hydrogens is 422 g/mol. The maximum atomic E-state index is 12.7. The number of nitrogens with zero attached hydrogens (tertiary/aromatic N) is 6. The van der Waals surface area contributed by atoms with Crippen molar-refractivity contribution in [1.29, 1.82) is 0 Å². The zero-order valence-electron chi connectivity index (χ0n) is 16.8. The minimum absolute atomic E-state index is 0.116. The summed E-state index contributed by atoms with van der Waals surface area (Å²) in [4.78, 5) is 14.0. The second-order valence-electron chi connectivity index (χ2n) is 7.14. The highest BCUT2D eigenvalue weighted by Crippen LogP contribution is 2.26. The molecule has 2 aromatic heterocycles. The smallest absolute Gasteiger partial charge is 0.278 e. The van der Waals surface area contributed by atoms with Crippen molar-refractivity contribution in [2.75, 3.05) is 14.1 Å². The van der Waals surface area contributed by atoms with Crippen LogP contribution in [0.25, 0.3) is 16.6 Å². The molecule has 1 atom stereocenters. The number of halogens is 1. The first-order valence-corrected chi connectivity index (χ1v) is 10.8. The van der Waals surface area contributed by atoms with Crippen molar-refractivity contribution < 1.29 is 4.90 Å². The number of quaternary nitrogens is 1. The molecule has 0 amide bonds. The predicted octanol–water partition coefficient (Wildman–Crippen LogP) is 1.98. The van der Waals surface area contributed by atoms with Gasteiger partial charge >= 0.3 is 0 Å². The Bertz CT molecular complexity index is 1240. The lowest BCUT2D eigenvalue weighted by molar-refractivity contribution is -0.890. The van der Waals surface area contributed by atoms with Gasteiger partial charge < -0.3 is 4.90 Å². The molecule has 4 rings (SSSR count). The molecule has 10 heteroatoms. The molecule has 0 spiro atoms. The molecular formula is C20H21ClN7OS+. The fourth-order valence-corrected chi connectivity index (χ4v) is 3.93. The van der Waals surface area contributed by atoms with Gasteiger partial charge in [-0.15, -0.1) is 15.3 Å². The Hall–Kier alpha value is -2.75. The lowest BCUT2D eigenvalue weighted by Gasteiger charge is -2.18. The SMILES string of the molecule is C[C@@H](c1nnc(SCn2nnc3ccccc3c2=O)n1-c1ccc(Cl)cc1)[NH+](C)C. The average Bonchev–Trinajstić information content (AvgIpc) is 3.17. The molecule has 0 aliphatic carbocycles. The van der Waals surface area contributed by atoms with Gasteiger partial charge in [0.25, 0.3) is 5.56 Å². The van der Waals surface area contributed by atoms with Crippen LogP contribution in [0.5, 0.6) is 0 Å². The van der Waals surface area contributed by atoms with Crippen LogP contribution in [0.2, 0.25) is 5.02 Å². The Labute approximate surface area is 182 Å². The van der Waals surface area contributed by atoms with Crippen LogP contribution in [-0.4, -0.2) is 43.9 Å². The van der Waals surface area contributed by atoms with Gasteiger partial charge in [0, 0.05) is 10.7 Å². The second-order valence-corrected chi connectivity index (χ2v) is 8.48. The molecule has 8 nitrogen and oxygen atoms in total. The van der Waals surface area contributed by atoms with E-state index in [0.717, 1.165) is 11.5 Å². The maximum Gasteiger partial charge on any atom is 0.278 e. The van der Waals surface area contributed by atoms with Gasteiger partial charge in [-0.1, -0.05) is 40.7 Å². The fourth-order valence-electron chi connectivity index (χ4n) is 2.97. The van der Waals surface area contributed by atoms with Gasteiger partial charge in [-0.05, 0) is 43.3 Å². The van der Waals surface area contributed by atoms with Crippen LogP contribution >= 0.6 is 23.4 Å². The van der Waals surface area contributed by atoms with E-state index < -0.39 is 0 Å². The number of nitrogens with one attached hydrogen (secondary N) is 1. The van der Waals surface area contributed by atoms with E-state index in [1.807, 2.05) is 41.0 Å². The Morgan fingerprint density at radius 1 is 1.07 bits per heavy atom. The van der Waals surface area contributed by atoms with Crippen LogP contribution in [0.4, 0.5) is 0 Å². The van der Waals surface area contributed by atoms with E-state index >= 15 is 0 Å². The molecule has 30 heavy (non-hydrogen) atoms. The van der Waals surface area contributed by atoms with Crippen LogP contribution in [0.1, 0.15) is 18.8 Å². The van der Waals surface area contributed by atoms with E-state index in [2.05, 4.69) is 41.5 Å². The third-order valence-electron chi connectivity index (χ3n) is 4.94. The lowest BCUT2D eigenvalue weighted by atomic mass is 10.2. The van der Waals surface area contributed by atoms with E-state index in [1.165, 1.54) is 21.3 Å². The summed E-state index contributed by atoms with van der Waals surface area (Å²) in [6.45, 7) is 2.10. The monoisotopic (exact) mass is 442 g/mol. The van der Waals surface area contributed by atoms with Crippen molar-refractivity contribution >= 4 is 34.3 Å². The highest BCUT2D eigenvalue weighted by atomic mass is 35.5. The van der Waals surface area contributed by atoms with Gasteiger partial charge in [0.15, 0.2) is 11.0 Å². The number of hydrogen-bond acceptors (Lipinski definition) is 6. The van der Waals surface area contributed by atoms with Crippen molar-refractivity contribution in [3.05, 3.63) is 69.7 Å². The summed E-state index contributed by atoms with van der Waals surface area (Å²) in [6.07, 6.45) is 0. The van der Waals surface area contributed by atoms with E-state index in [4.69, 9.17) is 11.6 Å². The highest BCUT2D eigenvalue weighted by Gasteiger charge is 2.23. The normalized spacial score (nSPS) is 12.6. The van der Waals surface area contributed by atoms with Gasteiger partial charge in [0.1, 0.15) is 11.6 Å². The summed E-state index contributed by atoms with van der Waals surface area (Å²) in [6, 6.07) is 14.8. The third kappa shape index (κ3) is 3.96. The van der Waals surface area contributed by atoms with Crippen LogP contribution in [0.3, 0.4) is 0 Å². The molecule has 0 radical (unpaired) electrons. The summed E-state index contributed by atoms with van der Waals surface area (Å²) in [5.41, 5.74) is 1.31. The largest absolute Gasteiger partial charge is 0.331 e. The maximum absolute atomic E-state index is 12.7. The zero-order valence-corrected chi connectivity index (χ0v) is 18.4. The Morgan fingerprint density at radius 3 is 2.53 bits per heavy atom. The van der Waals surface area contributed by atoms with Crippen LogP contribution in [0, 0.1) is 0 Å². The van der Waals surface area contributed by atoms with Crippen molar-refractivity contribution in [3.63, 3.8) is 0 Å². The van der Waals surface area contributed by atoms with Crippen molar-refractivity contribution in [3.8, 4) is 5.69 Å². The third-order valence-corrected chi connectivity index (χ3v) is 6.09. The Balaban J connectivity index is 1.70. The van der Waals surface area contributed by atoms with Gasteiger partial charge in [0.2, 0.25) is 0 Å². The van der Waals surface area contributed by atoms with Gasteiger partial charge in [-0.2, -0.15) is 4.68 Å². The van der Waals surface area contributed by atoms with E-state index in [1.54, 1.807) is 12.1 Å². The first kappa shape index (κ1) is 20.5. The minimum Gasteiger partial charge on any atom is -0.331 e. The van der Waals surface area contributed by atoms with Crippen LogP contribution < -0.4 is 10.5 Å². The van der Waals surface area contributed by atoms with Crippen molar-refractivity contribution in [1.82, 2.24) is 29.8 Å². The number of rotatable bonds is 6. The Morgan fingerprint density at radius 2 is 1.80 bits per heavy atom. The molecule has 0 saturated heterocycles. The Kier molecular flexibility index (Phi) is 5.85. The summed E-state index contributed by atoms with van der Waals surface area (Å²) < 4.78 is 3.34. The lowest BCUT2D eigenvalue weighted by Crippen LogP contribution is -3.05. The minimum atomic E-state index is -0.183. The van der Waals surface area contributed by atoms with Crippen LogP contribution in [0.15, 0.2) is 58.5 Å². The summed E-state index contributed by atoms with van der Waals surface area (Å²) >= 11 is 7.45. The molecule has 154 valence electrons. The molecule has 0 unspecified atom stereocenters. The number of aromatic nitrogens is 6. The summed E-state index contributed by atoms with van der Waals surface area (Å²) in [7, 11) is 4.14. The molecule has 0 aliphatic rings. The zero-order chi connectivity index (χ0) is 21.3. The molecule has 2 heterocycles. The summed E-state index contributed by atoms with van der Waals surface area (Å²) in [5.74, 6) is 1.10. The van der Waals surface area contributed by atoms with E-state index in [-0.39, 0.29) is 17.5 Å². The molecule has 0 fully saturated rings. The molecule has 0 bridgehead atoms. The first-order valence-electron chi connectivity index (χ1n) is 9.42. The number of hydrogen-bond donors (Lipinski definition) is 1. The van der Waals surface area contributed by atoms with Gasteiger partial charge in [0.05, 0.1) is 25.4 Å².